The van der Waals surface area contributed by atoms with Crippen LogP contribution < -0.4 is 4.90 Å². The maximum atomic E-state index is 14.1. The van der Waals surface area contributed by atoms with Crippen LogP contribution in [0.5, 0.6) is 0 Å². The average molecular weight is 385 g/mol. The number of anilines is 1. The van der Waals surface area contributed by atoms with Gasteiger partial charge >= 0.3 is 0 Å². The number of H-pyrrole nitrogens is 1. The minimum atomic E-state index is -0.651. The first-order valence-electron chi connectivity index (χ1n) is 8.98. The molecule has 4 nitrogen and oxygen atoms in total. The van der Waals surface area contributed by atoms with Crippen molar-refractivity contribution < 1.29 is 13.6 Å². The molecule has 0 spiro atoms. The molecule has 1 aliphatic carbocycles. The Morgan fingerprint density at radius 1 is 1.26 bits per heavy atom. The van der Waals surface area contributed by atoms with Crippen molar-refractivity contribution in [1.82, 2.24) is 9.97 Å². The Morgan fingerprint density at radius 2 is 2.00 bits per heavy atom. The van der Waals surface area contributed by atoms with Crippen molar-refractivity contribution >= 4 is 23.1 Å². The molecular weight excluding hydrogens is 368 g/mol. The van der Waals surface area contributed by atoms with Crippen LogP contribution in [0, 0.1) is 18.6 Å². The molecule has 1 amide bonds. The number of carbonyl (C=O) groups excluding carboxylic acids is 1. The zero-order valence-electron chi connectivity index (χ0n) is 14.7. The number of carbonyl (C=O) groups is 1. The Hall–Kier alpha value is -2.54. The number of halogens is 2. The first kappa shape index (κ1) is 16.6. The van der Waals surface area contributed by atoms with Crippen molar-refractivity contribution in [3.63, 3.8) is 0 Å². The van der Waals surface area contributed by atoms with E-state index in [1.54, 1.807) is 22.3 Å². The fraction of sp³-hybridized carbons (Fsp3) is 0.300. The molecule has 7 heteroatoms. The summed E-state index contributed by atoms with van der Waals surface area (Å²) in [6.45, 7) is 2.49. The molecule has 1 aliphatic heterocycles. The van der Waals surface area contributed by atoms with Gasteiger partial charge in [0.2, 0.25) is 0 Å². The fourth-order valence-corrected chi connectivity index (χ4v) is 4.71. The summed E-state index contributed by atoms with van der Waals surface area (Å²) < 4.78 is 28.2. The molecule has 0 radical (unpaired) electrons. The molecule has 138 valence electrons. The highest BCUT2D eigenvalue weighted by molar-refractivity contribution is 7.12. The molecule has 1 aromatic carbocycles. The van der Waals surface area contributed by atoms with Gasteiger partial charge in [0.1, 0.15) is 17.5 Å². The first-order chi connectivity index (χ1) is 13.0. The second kappa shape index (κ2) is 5.99. The lowest BCUT2D eigenvalue weighted by molar-refractivity contribution is 0.0980. The summed E-state index contributed by atoms with van der Waals surface area (Å²) in [5, 5.41) is 1.10. The van der Waals surface area contributed by atoms with Crippen LogP contribution in [0.2, 0.25) is 0 Å². The van der Waals surface area contributed by atoms with E-state index in [2.05, 4.69) is 4.98 Å². The Morgan fingerprint density at radius 3 is 2.70 bits per heavy atom. The van der Waals surface area contributed by atoms with Crippen molar-refractivity contribution in [2.75, 3.05) is 11.4 Å². The summed E-state index contributed by atoms with van der Waals surface area (Å²) in [7, 11) is 0. The predicted molar refractivity (Wildman–Crippen MR) is 100 cm³/mol. The molecule has 0 unspecified atom stereocenters. The van der Waals surface area contributed by atoms with Gasteiger partial charge in [0.15, 0.2) is 0 Å². The lowest BCUT2D eigenvalue weighted by Gasteiger charge is -2.25. The molecular formula is C20H17F2N3OS. The number of hydrogen-bond acceptors (Lipinski definition) is 3. The number of aryl methyl sites for hydroxylation is 1. The lowest BCUT2D eigenvalue weighted by Crippen LogP contribution is -2.37. The quantitative estimate of drug-likeness (QED) is 0.704. The van der Waals surface area contributed by atoms with Gasteiger partial charge in [-0.1, -0.05) is 6.07 Å². The van der Waals surface area contributed by atoms with Gasteiger partial charge < -0.3 is 4.98 Å². The Bertz CT molecular complexity index is 1050. The van der Waals surface area contributed by atoms with Crippen molar-refractivity contribution in [3.05, 3.63) is 57.0 Å². The maximum Gasteiger partial charge on any atom is 0.261 e. The number of aromatic amines is 1. The van der Waals surface area contributed by atoms with Crippen LogP contribution >= 0.6 is 11.3 Å². The van der Waals surface area contributed by atoms with Crippen molar-refractivity contribution in [2.45, 2.75) is 32.1 Å². The van der Waals surface area contributed by atoms with E-state index < -0.39 is 11.6 Å². The van der Waals surface area contributed by atoms with Crippen LogP contribution in [0.3, 0.4) is 0 Å². The Labute approximate surface area is 158 Å². The van der Waals surface area contributed by atoms with Gasteiger partial charge in [0, 0.05) is 29.5 Å². The molecule has 1 saturated carbocycles. The number of rotatable bonds is 3. The normalized spacial score (nSPS) is 16.7. The van der Waals surface area contributed by atoms with Crippen LogP contribution in [0.1, 0.15) is 44.7 Å². The molecule has 2 aromatic heterocycles. The van der Waals surface area contributed by atoms with Crippen molar-refractivity contribution in [2.24, 2.45) is 0 Å². The molecule has 1 fully saturated rings. The predicted octanol–water partition coefficient (Wildman–Crippen LogP) is 4.81. The number of nitrogens with one attached hydrogen (secondary N) is 1. The van der Waals surface area contributed by atoms with Crippen LogP contribution in [0.15, 0.2) is 24.3 Å². The minimum Gasteiger partial charge on any atom is -0.358 e. The number of nitrogens with zero attached hydrogens (tertiary/aromatic N) is 2. The van der Waals surface area contributed by atoms with E-state index in [-0.39, 0.29) is 11.5 Å². The largest absolute Gasteiger partial charge is 0.358 e. The van der Waals surface area contributed by atoms with Gasteiger partial charge in [0.05, 0.1) is 21.8 Å². The number of benzene rings is 1. The molecule has 3 heterocycles. The van der Waals surface area contributed by atoms with Gasteiger partial charge in [-0.2, -0.15) is 0 Å². The highest BCUT2D eigenvalue weighted by atomic mass is 32.1. The molecule has 0 saturated heterocycles. The van der Waals surface area contributed by atoms with Crippen LogP contribution in [-0.4, -0.2) is 22.4 Å². The second-order valence-electron chi connectivity index (χ2n) is 7.08. The topological polar surface area (TPSA) is 49.0 Å². The lowest BCUT2D eigenvalue weighted by atomic mass is 10.1. The summed E-state index contributed by atoms with van der Waals surface area (Å²) >= 11 is 1.66. The van der Waals surface area contributed by atoms with Crippen LogP contribution in [0.4, 0.5) is 14.6 Å². The van der Waals surface area contributed by atoms with E-state index in [1.165, 1.54) is 31.0 Å². The molecule has 5 rings (SSSR count). The summed E-state index contributed by atoms with van der Waals surface area (Å²) in [5.41, 5.74) is 1.33. The number of aromatic nitrogens is 2. The number of fused-ring (bicyclic) bond motifs is 1. The number of thiazole rings is 1. The molecule has 2 aliphatic rings. The van der Waals surface area contributed by atoms with Gasteiger partial charge in [-0.3, -0.25) is 9.69 Å². The van der Waals surface area contributed by atoms with E-state index in [0.717, 1.165) is 15.7 Å². The Kier molecular flexibility index (Phi) is 3.69. The minimum absolute atomic E-state index is 0.132. The average Bonchev–Trinajstić information content (AvgIpc) is 3.28. The van der Waals surface area contributed by atoms with E-state index in [4.69, 9.17) is 4.98 Å². The number of hydrogen-bond donors (Lipinski definition) is 1. The molecule has 0 atom stereocenters. The highest BCUT2D eigenvalue weighted by Crippen LogP contribution is 2.44. The molecule has 0 bridgehead atoms. The van der Waals surface area contributed by atoms with Crippen LogP contribution in [0.25, 0.3) is 11.3 Å². The van der Waals surface area contributed by atoms with Gasteiger partial charge in [-0.25, -0.2) is 13.8 Å². The SMILES string of the molecule is Cc1sc(C2CC2)nc1N1CCc2[nH]c(-c3c(F)cccc3F)cc2C1=O. The Balaban J connectivity index is 1.52. The number of amides is 1. The smallest absolute Gasteiger partial charge is 0.261 e. The van der Waals surface area contributed by atoms with Gasteiger partial charge in [-0.15, -0.1) is 11.3 Å². The summed E-state index contributed by atoms with van der Waals surface area (Å²) in [4.78, 5) is 23.5. The molecule has 3 aromatic rings. The third-order valence-corrected chi connectivity index (χ3v) is 6.29. The van der Waals surface area contributed by atoms with E-state index in [9.17, 15) is 13.6 Å². The maximum absolute atomic E-state index is 14.1. The highest BCUT2D eigenvalue weighted by Gasteiger charge is 2.33. The monoisotopic (exact) mass is 385 g/mol. The standard InChI is InChI=1S/C20H17F2N3OS/c1-10-18(24-19(27-10)11-5-6-11)25-8-7-15-12(20(25)26)9-16(23-15)17-13(21)3-2-4-14(17)22/h2-4,9,11,23H,5-8H2,1H3. The third kappa shape index (κ3) is 2.68. The first-order valence-corrected chi connectivity index (χ1v) is 9.80. The fourth-order valence-electron chi connectivity index (χ4n) is 3.61. The molecule has 27 heavy (non-hydrogen) atoms. The van der Waals surface area contributed by atoms with Crippen molar-refractivity contribution in [1.29, 1.82) is 0 Å². The van der Waals surface area contributed by atoms with Gasteiger partial charge in [0.25, 0.3) is 5.91 Å². The van der Waals surface area contributed by atoms with E-state index in [0.29, 0.717) is 35.8 Å². The van der Waals surface area contributed by atoms with Crippen molar-refractivity contribution in [3.8, 4) is 11.3 Å². The molecule has 1 N–H and O–H groups in total. The van der Waals surface area contributed by atoms with Crippen LogP contribution in [-0.2, 0) is 6.42 Å². The summed E-state index contributed by atoms with van der Waals surface area (Å²) in [5.74, 6) is -0.214. The second-order valence-corrected chi connectivity index (χ2v) is 8.32. The van der Waals surface area contributed by atoms with E-state index in [1.807, 2.05) is 6.92 Å². The summed E-state index contributed by atoms with van der Waals surface area (Å²) in [6, 6.07) is 5.30. The zero-order chi connectivity index (χ0) is 18.7. The van der Waals surface area contributed by atoms with Gasteiger partial charge in [-0.05, 0) is 38.0 Å². The summed E-state index contributed by atoms with van der Waals surface area (Å²) in [6.07, 6.45) is 2.92. The third-order valence-electron chi connectivity index (χ3n) is 5.16. The zero-order valence-corrected chi connectivity index (χ0v) is 15.5. The van der Waals surface area contributed by atoms with E-state index >= 15 is 0 Å².